The van der Waals surface area contributed by atoms with Gasteiger partial charge in [-0.15, -0.1) is 0 Å². The molecule has 3 nitrogen and oxygen atoms in total. The van der Waals surface area contributed by atoms with Gasteiger partial charge in [0.1, 0.15) is 10.9 Å². The lowest BCUT2D eigenvalue weighted by molar-refractivity contribution is 0.494. The van der Waals surface area contributed by atoms with Crippen molar-refractivity contribution in [1.29, 1.82) is 0 Å². The van der Waals surface area contributed by atoms with Crippen LogP contribution in [0.15, 0.2) is 38.0 Å². The van der Waals surface area contributed by atoms with Crippen LogP contribution in [0.2, 0.25) is 5.15 Å². The third-order valence-corrected chi connectivity index (χ3v) is 3.81. The largest absolute Gasteiger partial charge is 0.451 e. The Hall–Kier alpha value is -0.520. The number of aromatic nitrogens is 1. The zero-order valence-electron chi connectivity index (χ0n) is 8.01. The van der Waals surface area contributed by atoms with E-state index in [0.717, 1.165) is 15.9 Å². The highest BCUT2D eigenvalue weighted by Crippen LogP contribution is 2.27. The second-order valence-electron chi connectivity index (χ2n) is 3.06. The normalized spacial score (nSPS) is 10.4. The maximum absolute atomic E-state index is 5.77. The average Bonchev–Trinajstić information content (AvgIpc) is 2.56. The summed E-state index contributed by atoms with van der Waals surface area (Å²) in [6.07, 6.45) is 1.65. The van der Waals surface area contributed by atoms with Gasteiger partial charge in [0.05, 0.1) is 11.0 Å². The average molecular weight is 366 g/mol. The minimum atomic E-state index is 0.465. The number of rotatable bonds is 3. The van der Waals surface area contributed by atoms with Crippen molar-refractivity contribution in [1.82, 2.24) is 4.98 Å². The molecule has 2 rings (SSSR count). The Morgan fingerprint density at radius 3 is 2.81 bits per heavy atom. The molecule has 2 aromatic heterocycles. The molecule has 2 aromatic rings. The summed E-state index contributed by atoms with van der Waals surface area (Å²) in [5.74, 6) is 0.826. The number of hydrogen-bond acceptors (Lipinski definition) is 3. The Bertz CT molecular complexity index is 482. The van der Waals surface area contributed by atoms with Crippen molar-refractivity contribution in [3.05, 3.63) is 44.5 Å². The molecule has 2 heterocycles. The molecule has 0 radical (unpaired) electrons. The second-order valence-corrected chi connectivity index (χ2v) is 5.02. The zero-order chi connectivity index (χ0) is 11.5. The summed E-state index contributed by atoms with van der Waals surface area (Å²) < 4.78 is 7.02. The van der Waals surface area contributed by atoms with E-state index in [4.69, 9.17) is 16.0 Å². The Kier molecular flexibility index (Phi) is 3.89. The molecule has 0 amide bonds. The Morgan fingerprint density at radius 2 is 2.19 bits per heavy atom. The van der Waals surface area contributed by atoms with Crippen LogP contribution in [0.4, 0.5) is 5.69 Å². The molecule has 0 unspecified atom stereocenters. The van der Waals surface area contributed by atoms with E-state index in [1.165, 1.54) is 0 Å². The van der Waals surface area contributed by atoms with Gasteiger partial charge in [-0.25, -0.2) is 4.98 Å². The summed E-state index contributed by atoms with van der Waals surface area (Å²) in [6, 6.07) is 5.51. The molecule has 0 saturated carbocycles. The number of anilines is 1. The number of furan rings is 1. The van der Waals surface area contributed by atoms with Crippen LogP contribution in [0.25, 0.3) is 0 Å². The molecule has 0 spiro atoms. The van der Waals surface area contributed by atoms with Crippen LogP contribution in [-0.2, 0) is 6.54 Å². The summed E-state index contributed by atoms with van der Waals surface area (Å²) in [7, 11) is 0. The standard InChI is InChI=1S/C10H7Br2ClN2O/c11-8-4-7(16-10(8)12)5-15-6-1-2-14-9(13)3-6/h1-4H,5H2,(H,14,15). The number of pyridine rings is 1. The first-order chi connectivity index (χ1) is 7.65. The molecular weight excluding hydrogens is 359 g/mol. The van der Waals surface area contributed by atoms with Crippen LogP contribution in [0, 0.1) is 0 Å². The Morgan fingerprint density at radius 1 is 1.38 bits per heavy atom. The summed E-state index contributed by atoms with van der Waals surface area (Å²) in [4.78, 5) is 3.90. The number of hydrogen-bond donors (Lipinski definition) is 1. The molecule has 0 fully saturated rings. The van der Waals surface area contributed by atoms with Crippen molar-refractivity contribution in [3.8, 4) is 0 Å². The lowest BCUT2D eigenvalue weighted by Gasteiger charge is -2.03. The van der Waals surface area contributed by atoms with E-state index in [9.17, 15) is 0 Å². The molecule has 0 aliphatic rings. The van der Waals surface area contributed by atoms with Gasteiger partial charge in [-0.1, -0.05) is 11.6 Å². The van der Waals surface area contributed by atoms with Gasteiger partial charge in [-0.2, -0.15) is 0 Å². The van der Waals surface area contributed by atoms with Crippen molar-refractivity contribution in [2.24, 2.45) is 0 Å². The third kappa shape index (κ3) is 2.99. The van der Waals surface area contributed by atoms with Crippen molar-refractivity contribution in [2.45, 2.75) is 6.54 Å². The molecule has 16 heavy (non-hydrogen) atoms. The van der Waals surface area contributed by atoms with Crippen LogP contribution in [-0.4, -0.2) is 4.98 Å². The molecule has 1 N–H and O–H groups in total. The smallest absolute Gasteiger partial charge is 0.183 e. The molecule has 84 valence electrons. The summed E-state index contributed by atoms with van der Waals surface area (Å²) in [5, 5.41) is 3.65. The topological polar surface area (TPSA) is 38.1 Å². The zero-order valence-corrected chi connectivity index (χ0v) is 11.9. The highest BCUT2D eigenvalue weighted by Gasteiger charge is 2.05. The first-order valence-corrected chi connectivity index (χ1v) is 6.40. The minimum absolute atomic E-state index is 0.465. The van der Waals surface area contributed by atoms with Crippen molar-refractivity contribution in [3.63, 3.8) is 0 Å². The van der Waals surface area contributed by atoms with Gasteiger partial charge < -0.3 is 9.73 Å². The molecule has 0 saturated heterocycles. The first-order valence-electron chi connectivity index (χ1n) is 4.44. The van der Waals surface area contributed by atoms with Crippen molar-refractivity contribution < 1.29 is 4.42 Å². The molecule has 0 aliphatic heterocycles. The number of halogens is 3. The Labute approximate surface area is 114 Å². The van der Waals surface area contributed by atoms with E-state index < -0.39 is 0 Å². The van der Waals surface area contributed by atoms with Crippen LogP contribution >= 0.6 is 43.5 Å². The number of nitrogens with one attached hydrogen (secondary N) is 1. The van der Waals surface area contributed by atoms with E-state index in [1.54, 1.807) is 12.3 Å². The molecule has 0 aliphatic carbocycles. The molecule has 6 heteroatoms. The van der Waals surface area contributed by atoms with Crippen LogP contribution in [0.3, 0.4) is 0 Å². The summed E-state index contributed by atoms with van der Waals surface area (Å²) in [6.45, 7) is 0.588. The third-order valence-electron chi connectivity index (χ3n) is 1.89. The lowest BCUT2D eigenvalue weighted by Crippen LogP contribution is -1.97. The fourth-order valence-electron chi connectivity index (χ4n) is 1.18. The van der Waals surface area contributed by atoms with Crippen LogP contribution in [0.1, 0.15) is 5.76 Å². The highest BCUT2D eigenvalue weighted by atomic mass is 79.9. The van der Waals surface area contributed by atoms with Gasteiger partial charge in [0.15, 0.2) is 4.67 Å². The van der Waals surface area contributed by atoms with Gasteiger partial charge in [-0.3, -0.25) is 0 Å². The van der Waals surface area contributed by atoms with Gasteiger partial charge in [0.25, 0.3) is 0 Å². The predicted molar refractivity (Wildman–Crippen MR) is 70.7 cm³/mol. The molecular formula is C10H7Br2ClN2O. The quantitative estimate of drug-likeness (QED) is 0.815. The molecule has 0 aromatic carbocycles. The van der Waals surface area contributed by atoms with Gasteiger partial charge in [0, 0.05) is 11.9 Å². The van der Waals surface area contributed by atoms with Crippen molar-refractivity contribution >= 4 is 49.1 Å². The highest BCUT2D eigenvalue weighted by molar-refractivity contribution is 9.13. The summed E-state index contributed by atoms with van der Waals surface area (Å²) in [5.41, 5.74) is 0.906. The molecule has 0 bridgehead atoms. The van der Waals surface area contributed by atoms with E-state index in [-0.39, 0.29) is 0 Å². The van der Waals surface area contributed by atoms with E-state index in [0.29, 0.717) is 16.4 Å². The fourth-order valence-corrected chi connectivity index (χ4v) is 2.01. The number of nitrogens with zero attached hydrogens (tertiary/aromatic N) is 1. The van der Waals surface area contributed by atoms with Gasteiger partial charge in [0.2, 0.25) is 0 Å². The SMILES string of the molecule is Clc1cc(NCc2cc(Br)c(Br)o2)ccn1. The lowest BCUT2D eigenvalue weighted by atomic mass is 10.4. The molecule has 0 atom stereocenters. The van der Waals surface area contributed by atoms with Crippen molar-refractivity contribution in [2.75, 3.05) is 5.32 Å². The van der Waals surface area contributed by atoms with E-state index in [1.807, 2.05) is 12.1 Å². The Balaban J connectivity index is 2.02. The van der Waals surface area contributed by atoms with Crippen LogP contribution < -0.4 is 5.32 Å². The maximum Gasteiger partial charge on any atom is 0.183 e. The maximum atomic E-state index is 5.77. The second kappa shape index (κ2) is 5.21. The minimum Gasteiger partial charge on any atom is -0.451 e. The van der Waals surface area contributed by atoms with E-state index >= 15 is 0 Å². The monoisotopic (exact) mass is 364 g/mol. The van der Waals surface area contributed by atoms with Gasteiger partial charge >= 0.3 is 0 Å². The fraction of sp³-hybridized carbons (Fsp3) is 0.100. The summed E-state index contributed by atoms with van der Waals surface area (Å²) >= 11 is 12.4. The predicted octanol–water partition coefficient (Wildman–Crippen LogP) is 4.47. The van der Waals surface area contributed by atoms with Crippen LogP contribution in [0.5, 0.6) is 0 Å². The van der Waals surface area contributed by atoms with Gasteiger partial charge in [-0.05, 0) is 50.1 Å². The van der Waals surface area contributed by atoms with E-state index in [2.05, 4.69) is 42.2 Å². The first kappa shape index (κ1) is 12.0.